The molecule has 5 heteroatoms. The molecular formula is C19H26N4O. The summed E-state index contributed by atoms with van der Waals surface area (Å²) in [5.41, 5.74) is 2.38. The number of nitrogens with zero attached hydrogens (tertiary/aromatic N) is 3. The molecule has 1 aromatic carbocycles. The SMILES string of the molecule is Cc1ccccc1[C@H](C(=O)NCC1(Cn2cccn2)CC1)N(C)C. The van der Waals surface area contributed by atoms with Crippen molar-refractivity contribution in [3.63, 3.8) is 0 Å². The number of aryl methyl sites for hydroxylation is 1. The van der Waals surface area contributed by atoms with E-state index in [1.165, 1.54) is 0 Å². The lowest BCUT2D eigenvalue weighted by atomic mass is 9.99. The van der Waals surface area contributed by atoms with E-state index in [-0.39, 0.29) is 17.4 Å². The summed E-state index contributed by atoms with van der Waals surface area (Å²) in [4.78, 5) is 14.8. The van der Waals surface area contributed by atoms with E-state index in [0.29, 0.717) is 6.54 Å². The van der Waals surface area contributed by atoms with Crippen LogP contribution in [0.1, 0.15) is 30.0 Å². The summed E-state index contributed by atoms with van der Waals surface area (Å²) in [6, 6.07) is 9.77. The van der Waals surface area contributed by atoms with Gasteiger partial charge in [-0.1, -0.05) is 24.3 Å². The van der Waals surface area contributed by atoms with Crippen molar-refractivity contribution in [2.24, 2.45) is 5.41 Å². The largest absolute Gasteiger partial charge is 0.354 e. The Morgan fingerprint density at radius 2 is 2.08 bits per heavy atom. The van der Waals surface area contributed by atoms with Gasteiger partial charge in [0.15, 0.2) is 0 Å². The number of likely N-dealkylation sites (N-methyl/N-ethyl adjacent to an activating group) is 1. The van der Waals surface area contributed by atoms with Crippen molar-refractivity contribution >= 4 is 5.91 Å². The number of carbonyl (C=O) groups is 1. The van der Waals surface area contributed by atoms with Crippen LogP contribution in [0.15, 0.2) is 42.7 Å². The van der Waals surface area contributed by atoms with Crippen LogP contribution >= 0.6 is 0 Å². The summed E-state index contributed by atoms with van der Waals surface area (Å²) >= 11 is 0. The number of nitrogens with one attached hydrogen (secondary N) is 1. The summed E-state index contributed by atoms with van der Waals surface area (Å²) in [5.74, 6) is 0.0704. The molecule has 0 unspecified atom stereocenters. The Morgan fingerprint density at radius 3 is 2.67 bits per heavy atom. The van der Waals surface area contributed by atoms with Gasteiger partial charge in [0, 0.05) is 30.9 Å². The van der Waals surface area contributed by atoms with Crippen LogP contribution in [0, 0.1) is 12.3 Å². The van der Waals surface area contributed by atoms with Crippen molar-refractivity contribution in [2.45, 2.75) is 32.4 Å². The maximum absolute atomic E-state index is 12.8. The molecule has 0 aliphatic heterocycles. The number of benzene rings is 1. The molecule has 5 nitrogen and oxygen atoms in total. The minimum absolute atomic E-state index is 0.0704. The molecule has 0 radical (unpaired) electrons. The van der Waals surface area contributed by atoms with E-state index >= 15 is 0 Å². The highest BCUT2D eigenvalue weighted by molar-refractivity contribution is 5.83. The van der Waals surface area contributed by atoms with Crippen LogP contribution in [0.5, 0.6) is 0 Å². The van der Waals surface area contributed by atoms with Gasteiger partial charge < -0.3 is 5.32 Å². The Hall–Kier alpha value is -2.14. The maximum atomic E-state index is 12.8. The Kier molecular flexibility index (Phi) is 4.71. The molecule has 3 rings (SSSR count). The third-order valence-electron chi connectivity index (χ3n) is 4.90. The van der Waals surface area contributed by atoms with Gasteiger partial charge in [-0.05, 0) is 51.1 Å². The highest BCUT2D eigenvalue weighted by Gasteiger charge is 2.43. The van der Waals surface area contributed by atoms with Crippen LogP contribution in [0.4, 0.5) is 0 Å². The van der Waals surface area contributed by atoms with Crippen LogP contribution in [-0.4, -0.2) is 41.2 Å². The van der Waals surface area contributed by atoms with Gasteiger partial charge in [-0.2, -0.15) is 5.10 Å². The van der Waals surface area contributed by atoms with Crippen LogP contribution in [-0.2, 0) is 11.3 Å². The summed E-state index contributed by atoms with van der Waals surface area (Å²) < 4.78 is 1.96. The molecule has 1 N–H and O–H groups in total. The number of carbonyl (C=O) groups excluding carboxylic acids is 1. The zero-order chi connectivity index (χ0) is 17.2. The molecule has 1 atom stereocenters. The second kappa shape index (κ2) is 6.77. The topological polar surface area (TPSA) is 50.2 Å². The molecule has 1 aliphatic carbocycles. The quantitative estimate of drug-likeness (QED) is 0.850. The van der Waals surface area contributed by atoms with E-state index in [1.54, 1.807) is 6.20 Å². The highest BCUT2D eigenvalue weighted by Crippen LogP contribution is 2.46. The number of hydrogen-bond acceptors (Lipinski definition) is 3. The minimum Gasteiger partial charge on any atom is -0.354 e. The van der Waals surface area contributed by atoms with Crippen LogP contribution in [0.25, 0.3) is 0 Å². The van der Waals surface area contributed by atoms with E-state index in [4.69, 9.17) is 0 Å². The first-order valence-electron chi connectivity index (χ1n) is 8.48. The predicted octanol–water partition coefficient (Wildman–Crippen LogP) is 2.39. The smallest absolute Gasteiger partial charge is 0.241 e. The Balaban J connectivity index is 1.65. The number of aromatic nitrogens is 2. The lowest BCUT2D eigenvalue weighted by Gasteiger charge is -2.26. The molecule has 1 aromatic heterocycles. The van der Waals surface area contributed by atoms with Gasteiger partial charge in [-0.3, -0.25) is 14.4 Å². The summed E-state index contributed by atoms with van der Waals surface area (Å²) in [6.07, 6.45) is 6.07. The van der Waals surface area contributed by atoms with E-state index in [9.17, 15) is 4.79 Å². The summed E-state index contributed by atoms with van der Waals surface area (Å²) in [6.45, 7) is 3.64. The van der Waals surface area contributed by atoms with Crippen molar-refractivity contribution in [1.29, 1.82) is 0 Å². The third-order valence-corrected chi connectivity index (χ3v) is 4.90. The molecular weight excluding hydrogens is 300 g/mol. The number of rotatable bonds is 7. The molecule has 1 aliphatic rings. The van der Waals surface area contributed by atoms with Gasteiger partial charge in [0.2, 0.25) is 5.91 Å². The second-order valence-corrected chi connectivity index (χ2v) is 7.14. The van der Waals surface area contributed by atoms with E-state index < -0.39 is 0 Å². The van der Waals surface area contributed by atoms with Crippen molar-refractivity contribution in [3.05, 3.63) is 53.9 Å². The van der Waals surface area contributed by atoms with Crippen molar-refractivity contribution in [1.82, 2.24) is 20.0 Å². The van der Waals surface area contributed by atoms with E-state index in [0.717, 1.165) is 30.5 Å². The van der Waals surface area contributed by atoms with Crippen molar-refractivity contribution in [3.8, 4) is 0 Å². The molecule has 0 saturated heterocycles. The molecule has 128 valence electrons. The lowest BCUT2D eigenvalue weighted by molar-refractivity contribution is -0.126. The molecule has 2 aromatic rings. The van der Waals surface area contributed by atoms with Crippen molar-refractivity contribution in [2.75, 3.05) is 20.6 Å². The van der Waals surface area contributed by atoms with E-state index in [1.807, 2.05) is 54.1 Å². The monoisotopic (exact) mass is 326 g/mol. The normalized spacial score (nSPS) is 16.8. The molecule has 0 bridgehead atoms. The highest BCUT2D eigenvalue weighted by atomic mass is 16.2. The van der Waals surface area contributed by atoms with Gasteiger partial charge in [0.25, 0.3) is 0 Å². The van der Waals surface area contributed by atoms with Gasteiger partial charge in [0.05, 0.1) is 0 Å². The molecule has 1 heterocycles. The van der Waals surface area contributed by atoms with Crippen LogP contribution in [0.2, 0.25) is 0 Å². The molecule has 1 fully saturated rings. The van der Waals surface area contributed by atoms with Crippen LogP contribution < -0.4 is 5.32 Å². The average molecular weight is 326 g/mol. The zero-order valence-electron chi connectivity index (χ0n) is 14.7. The third kappa shape index (κ3) is 3.67. The Morgan fingerprint density at radius 1 is 1.33 bits per heavy atom. The fourth-order valence-corrected chi connectivity index (χ4v) is 3.22. The number of amides is 1. The summed E-state index contributed by atoms with van der Waals surface area (Å²) in [7, 11) is 3.90. The average Bonchev–Trinajstić information content (AvgIpc) is 3.11. The molecule has 0 spiro atoms. The fourth-order valence-electron chi connectivity index (χ4n) is 3.22. The first-order valence-corrected chi connectivity index (χ1v) is 8.48. The Labute approximate surface area is 143 Å². The molecule has 1 saturated carbocycles. The van der Waals surface area contributed by atoms with Gasteiger partial charge in [-0.25, -0.2) is 0 Å². The van der Waals surface area contributed by atoms with Gasteiger partial charge in [0.1, 0.15) is 6.04 Å². The zero-order valence-corrected chi connectivity index (χ0v) is 14.7. The first kappa shape index (κ1) is 16.7. The lowest BCUT2D eigenvalue weighted by Crippen LogP contribution is -2.40. The Bertz CT molecular complexity index is 689. The molecule has 24 heavy (non-hydrogen) atoms. The fraction of sp³-hybridized carbons (Fsp3) is 0.474. The molecule has 1 amide bonds. The first-order chi connectivity index (χ1) is 11.5. The second-order valence-electron chi connectivity index (χ2n) is 7.14. The maximum Gasteiger partial charge on any atom is 0.241 e. The number of hydrogen-bond donors (Lipinski definition) is 1. The van der Waals surface area contributed by atoms with Gasteiger partial charge in [-0.15, -0.1) is 0 Å². The van der Waals surface area contributed by atoms with Crippen LogP contribution in [0.3, 0.4) is 0 Å². The summed E-state index contributed by atoms with van der Waals surface area (Å²) in [5, 5.41) is 7.47. The standard InChI is InChI=1S/C19H26N4O/c1-15-7-4-5-8-16(15)17(22(2)3)18(24)20-13-19(9-10-19)14-23-12-6-11-21-23/h4-8,11-12,17H,9-10,13-14H2,1-3H3,(H,20,24)/t17-/m1/s1. The van der Waals surface area contributed by atoms with E-state index in [2.05, 4.69) is 23.4 Å². The van der Waals surface area contributed by atoms with Crippen molar-refractivity contribution < 1.29 is 4.79 Å². The predicted molar refractivity (Wildman–Crippen MR) is 94.5 cm³/mol. The minimum atomic E-state index is -0.258. The van der Waals surface area contributed by atoms with Gasteiger partial charge >= 0.3 is 0 Å².